The Bertz CT molecular complexity index is 438. The highest BCUT2D eigenvalue weighted by atomic mass is 32.1. The predicted octanol–water partition coefficient (Wildman–Crippen LogP) is 1.46. The van der Waals surface area contributed by atoms with Gasteiger partial charge in [0.15, 0.2) is 16.6 Å². The molecule has 2 unspecified atom stereocenters. The quantitative estimate of drug-likeness (QED) is 0.760. The Morgan fingerprint density at radius 2 is 2.42 bits per heavy atom. The number of hydrogen-bond acceptors (Lipinski definition) is 7. The molecule has 0 bridgehead atoms. The number of nitrogen functional groups attached to an aromatic ring is 1. The SMILES string of the molecule is CC(C)Oc1c(N)nsc1NCC1(O)CCOC1C. The molecule has 1 aromatic rings. The molecule has 7 heteroatoms. The molecule has 1 fully saturated rings. The van der Waals surface area contributed by atoms with E-state index in [9.17, 15) is 5.11 Å². The molecule has 1 saturated heterocycles. The number of nitrogens with zero attached hydrogens (tertiary/aromatic N) is 1. The van der Waals surface area contributed by atoms with Crippen LogP contribution >= 0.6 is 11.5 Å². The van der Waals surface area contributed by atoms with Crippen LogP contribution < -0.4 is 15.8 Å². The van der Waals surface area contributed by atoms with Crippen LogP contribution in [0, 0.1) is 0 Å². The molecule has 0 radical (unpaired) electrons. The van der Waals surface area contributed by atoms with Crippen molar-refractivity contribution in [2.45, 2.75) is 45.0 Å². The average Bonchev–Trinajstić information content (AvgIpc) is 2.83. The summed E-state index contributed by atoms with van der Waals surface area (Å²) in [5.41, 5.74) is 4.93. The van der Waals surface area contributed by atoms with Crippen molar-refractivity contribution < 1.29 is 14.6 Å². The molecule has 19 heavy (non-hydrogen) atoms. The van der Waals surface area contributed by atoms with E-state index in [0.717, 1.165) is 5.00 Å². The molecule has 0 saturated carbocycles. The lowest BCUT2D eigenvalue weighted by Gasteiger charge is -2.26. The van der Waals surface area contributed by atoms with Crippen molar-refractivity contribution in [2.24, 2.45) is 0 Å². The van der Waals surface area contributed by atoms with Crippen molar-refractivity contribution in [3.8, 4) is 5.75 Å². The monoisotopic (exact) mass is 287 g/mol. The Morgan fingerprint density at radius 1 is 1.68 bits per heavy atom. The second kappa shape index (κ2) is 5.52. The van der Waals surface area contributed by atoms with Gasteiger partial charge in [0.25, 0.3) is 0 Å². The second-order valence-corrected chi connectivity index (χ2v) is 5.89. The first-order valence-corrected chi connectivity index (χ1v) is 7.19. The minimum atomic E-state index is -0.853. The first-order chi connectivity index (χ1) is 8.92. The van der Waals surface area contributed by atoms with Crippen LogP contribution in [0.2, 0.25) is 0 Å². The van der Waals surface area contributed by atoms with Crippen LogP contribution in [-0.4, -0.2) is 40.4 Å². The van der Waals surface area contributed by atoms with Crippen LogP contribution in [0.5, 0.6) is 5.75 Å². The van der Waals surface area contributed by atoms with Gasteiger partial charge in [0.05, 0.1) is 12.2 Å². The van der Waals surface area contributed by atoms with Crippen LogP contribution in [0.4, 0.5) is 10.8 Å². The van der Waals surface area contributed by atoms with Gasteiger partial charge in [0.1, 0.15) is 5.60 Å². The fraction of sp³-hybridized carbons (Fsp3) is 0.750. The van der Waals surface area contributed by atoms with Crippen LogP contribution in [0.25, 0.3) is 0 Å². The lowest BCUT2D eigenvalue weighted by atomic mass is 9.97. The van der Waals surface area contributed by atoms with Gasteiger partial charge in [0.2, 0.25) is 0 Å². The van der Waals surface area contributed by atoms with Crippen molar-refractivity contribution in [1.82, 2.24) is 4.37 Å². The number of ether oxygens (including phenoxy) is 2. The van der Waals surface area contributed by atoms with Gasteiger partial charge in [-0.3, -0.25) is 0 Å². The van der Waals surface area contributed by atoms with Crippen LogP contribution in [0.1, 0.15) is 27.2 Å². The summed E-state index contributed by atoms with van der Waals surface area (Å²) in [6.45, 7) is 6.72. The molecule has 0 aromatic carbocycles. The van der Waals surface area contributed by atoms with Crippen molar-refractivity contribution in [3.05, 3.63) is 0 Å². The van der Waals surface area contributed by atoms with Crippen molar-refractivity contribution >= 4 is 22.4 Å². The molecule has 0 aliphatic carbocycles. The van der Waals surface area contributed by atoms with E-state index in [0.29, 0.717) is 31.1 Å². The summed E-state index contributed by atoms with van der Waals surface area (Å²) in [6.07, 6.45) is 0.464. The van der Waals surface area contributed by atoms with Gasteiger partial charge in [-0.05, 0) is 32.3 Å². The zero-order valence-electron chi connectivity index (χ0n) is 11.5. The van der Waals surface area contributed by atoms with E-state index in [-0.39, 0.29) is 12.2 Å². The summed E-state index contributed by atoms with van der Waals surface area (Å²) in [6, 6.07) is 0. The number of nitrogens with two attached hydrogens (primary N) is 1. The molecule has 4 N–H and O–H groups in total. The molecule has 6 nitrogen and oxygen atoms in total. The normalized spacial score (nSPS) is 26.9. The molecule has 1 aliphatic heterocycles. The van der Waals surface area contributed by atoms with Gasteiger partial charge >= 0.3 is 0 Å². The van der Waals surface area contributed by atoms with E-state index in [1.807, 2.05) is 20.8 Å². The zero-order chi connectivity index (χ0) is 14.0. The molecule has 2 atom stereocenters. The number of aromatic nitrogens is 1. The maximum atomic E-state index is 10.4. The largest absolute Gasteiger partial charge is 0.484 e. The van der Waals surface area contributed by atoms with Crippen molar-refractivity contribution in [2.75, 3.05) is 24.2 Å². The highest BCUT2D eigenvalue weighted by Gasteiger charge is 2.39. The summed E-state index contributed by atoms with van der Waals surface area (Å²) in [5.74, 6) is 0.944. The Balaban J connectivity index is 2.03. The standard InChI is InChI=1S/C12H21N3O3S/c1-7(2)18-9-10(13)15-19-11(9)14-6-12(16)4-5-17-8(12)3/h7-8,14,16H,4-6H2,1-3H3,(H2,13,15). The zero-order valence-corrected chi connectivity index (χ0v) is 12.3. The van der Waals surface area contributed by atoms with Gasteiger partial charge in [-0.2, -0.15) is 4.37 Å². The van der Waals surface area contributed by atoms with E-state index >= 15 is 0 Å². The van der Waals surface area contributed by atoms with Crippen LogP contribution in [0.3, 0.4) is 0 Å². The van der Waals surface area contributed by atoms with Crippen LogP contribution in [-0.2, 0) is 4.74 Å². The molecular weight excluding hydrogens is 266 g/mol. The number of rotatable bonds is 5. The van der Waals surface area contributed by atoms with E-state index < -0.39 is 5.60 Å². The predicted molar refractivity (Wildman–Crippen MR) is 75.8 cm³/mol. The smallest absolute Gasteiger partial charge is 0.197 e. The summed E-state index contributed by atoms with van der Waals surface area (Å²) in [7, 11) is 0. The minimum Gasteiger partial charge on any atom is -0.484 e. The third-order valence-corrected chi connectivity index (χ3v) is 4.04. The maximum Gasteiger partial charge on any atom is 0.197 e. The Labute approximate surface area is 117 Å². The highest BCUT2D eigenvalue weighted by Crippen LogP contribution is 2.37. The molecule has 1 aromatic heterocycles. The summed E-state index contributed by atoms with van der Waals surface area (Å²) in [4.78, 5) is 0. The third-order valence-electron chi connectivity index (χ3n) is 3.24. The highest BCUT2D eigenvalue weighted by molar-refractivity contribution is 7.11. The van der Waals surface area contributed by atoms with Crippen LogP contribution in [0.15, 0.2) is 0 Å². The van der Waals surface area contributed by atoms with Crippen molar-refractivity contribution in [3.63, 3.8) is 0 Å². The van der Waals surface area contributed by atoms with E-state index in [2.05, 4.69) is 9.69 Å². The van der Waals surface area contributed by atoms with E-state index in [4.69, 9.17) is 15.2 Å². The molecule has 108 valence electrons. The molecular formula is C12H21N3O3S. The first-order valence-electron chi connectivity index (χ1n) is 6.42. The number of anilines is 2. The number of aliphatic hydroxyl groups is 1. The molecule has 2 heterocycles. The second-order valence-electron chi connectivity index (χ2n) is 5.11. The third kappa shape index (κ3) is 3.10. The van der Waals surface area contributed by atoms with E-state index in [1.54, 1.807) is 0 Å². The lowest BCUT2D eigenvalue weighted by Crippen LogP contribution is -2.42. The molecule has 0 spiro atoms. The van der Waals surface area contributed by atoms with Gasteiger partial charge in [0, 0.05) is 19.6 Å². The fourth-order valence-corrected chi connectivity index (χ4v) is 2.64. The van der Waals surface area contributed by atoms with E-state index in [1.165, 1.54) is 11.5 Å². The first kappa shape index (κ1) is 14.4. The van der Waals surface area contributed by atoms with Crippen molar-refractivity contribution in [1.29, 1.82) is 0 Å². The molecule has 0 amide bonds. The van der Waals surface area contributed by atoms with Gasteiger partial charge in [-0.15, -0.1) is 0 Å². The van der Waals surface area contributed by atoms with Gasteiger partial charge < -0.3 is 25.6 Å². The number of nitrogens with one attached hydrogen (secondary N) is 1. The number of hydrogen-bond donors (Lipinski definition) is 3. The Morgan fingerprint density at radius 3 is 3.00 bits per heavy atom. The fourth-order valence-electron chi connectivity index (χ4n) is 1.99. The summed E-state index contributed by atoms with van der Waals surface area (Å²) >= 11 is 1.24. The molecule has 2 rings (SSSR count). The lowest BCUT2D eigenvalue weighted by molar-refractivity contribution is -0.0175. The topological polar surface area (TPSA) is 89.6 Å². The Kier molecular flexibility index (Phi) is 4.17. The molecule has 1 aliphatic rings. The maximum absolute atomic E-state index is 10.4. The Hall–Kier alpha value is -1.05. The summed E-state index contributed by atoms with van der Waals surface area (Å²) < 4.78 is 15.1. The summed E-state index contributed by atoms with van der Waals surface area (Å²) in [5, 5.41) is 14.3. The average molecular weight is 287 g/mol. The van der Waals surface area contributed by atoms with Gasteiger partial charge in [-0.25, -0.2) is 0 Å². The minimum absolute atomic E-state index is 0.0241. The van der Waals surface area contributed by atoms with Gasteiger partial charge in [-0.1, -0.05) is 0 Å².